The lowest BCUT2D eigenvalue weighted by Gasteiger charge is -2.27. The summed E-state index contributed by atoms with van der Waals surface area (Å²) < 4.78 is 80.2. The van der Waals surface area contributed by atoms with E-state index in [1.54, 1.807) is 0 Å². The van der Waals surface area contributed by atoms with E-state index >= 15 is 0 Å². The molecule has 0 aliphatic carbocycles. The van der Waals surface area contributed by atoms with Gasteiger partial charge in [0.15, 0.2) is 12.8 Å². The van der Waals surface area contributed by atoms with Crippen molar-refractivity contribution < 1.29 is 40.5 Å². The van der Waals surface area contributed by atoms with Gasteiger partial charge in [0, 0.05) is 0 Å². The Bertz CT molecular complexity index is 295. The fourth-order valence-corrected chi connectivity index (χ4v) is 1.78. The maximum atomic E-state index is 12.8. The van der Waals surface area contributed by atoms with Gasteiger partial charge in [-0.1, -0.05) is 0 Å². The molecule has 1 saturated heterocycles. The first-order valence-corrected chi connectivity index (χ1v) is 5.09. The standard InChI is InChI=1S/C5H6F5O4P/c6-2-4(7,8)5(9,10)3-1-13-15(11,12)14-3/h3H,1-2H2,(H,11,12). The first-order valence-electron chi connectivity index (χ1n) is 3.60. The van der Waals surface area contributed by atoms with Crippen molar-refractivity contribution in [1.82, 2.24) is 0 Å². The second-order valence-electron chi connectivity index (χ2n) is 2.82. The second kappa shape index (κ2) is 3.65. The zero-order valence-electron chi connectivity index (χ0n) is 7.00. The summed E-state index contributed by atoms with van der Waals surface area (Å²) in [6, 6.07) is 0. The zero-order valence-corrected chi connectivity index (χ0v) is 7.89. The van der Waals surface area contributed by atoms with Crippen LogP contribution >= 0.6 is 7.82 Å². The Balaban J connectivity index is 2.84. The van der Waals surface area contributed by atoms with Gasteiger partial charge < -0.3 is 4.89 Å². The number of hydrogen-bond acceptors (Lipinski definition) is 3. The predicted octanol–water partition coefficient (Wildman–Crippen LogP) is 1.74. The van der Waals surface area contributed by atoms with Crippen molar-refractivity contribution in [3.63, 3.8) is 0 Å². The lowest BCUT2D eigenvalue weighted by Crippen LogP contribution is -2.51. The van der Waals surface area contributed by atoms with Gasteiger partial charge in [0.1, 0.15) is 0 Å². The lowest BCUT2D eigenvalue weighted by atomic mass is 10.1. The van der Waals surface area contributed by atoms with E-state index in [0.717, 1.165) is 0 Å². The topological polar surface area (TPSA) is 55.8 Å². The molecule has 1 heterocycles. The number of phosphoric ester groups is 1. The number of halogens is 5. The third-order valence-electron chi connectivity index (χ3n) is 1.71. The predicted molar refractivity (Wildman–Crippen MR) is 36.5 cm³/mol. The highest BCUT2D eigenvalue weighted by Gasteiger charge is 2.65. The Kier molecular flexibility index (Phi) is 3.13. The van der Waals surface area contributed by atoms with Gasteiger partial charge in [0.25, 0.3) is 0 Å². The van der Waals surface area contributed by atoms with Crippen LogP contribution in [0.4, 0.5) is 22.0 Å². The summed E-state index contributed by atoms with van der Waals surface area (Å²) in [4.78, 5) is 8.51. The second-order valence-corrected chi connectivity index (χ2v) is 4.23. The molecule has 1 aliphatic heterocycles. The maximum Gasteiger partial charge on any atom is 0.472 e. The molecule has 0 saturated carbocycles. The van der Waals surface area contributed by atoms with Crippen LogP contribution in [-0.2, 0) is 13.6 Å². The lowest BCUT2D eigenvalue weighted by molar-refractivity contribution is -0.249. The maximum absolute atomic E-state index is 12.8. The van der Waals surface area contributed by atoms with Crippen molar-refractivity contribution in [3.8, 4) is 0 Å². The van der Waals surface area contributed by atoms with Crippen LogP contribution < -0.4 is 0 Å². The number of hydrogen-bond donors (Lipinski definition) is 1. The van der Waals surface area contributed by atoms with Crippen LogP contribution in [0, 0.1) is 0 Å². The quantitative estimate of drug-likeness (QED) is 0.617. The molecule has 0 aromatic carbocycles. The van der Waals surface area contributed by atoms with Gasteiger partial charge in [-0.05, 0) is 0 Å². The molecule has 15 heavy (non-hydrogen) atoms. The van der Waals surface area contributed by atoms with E-state index in [1.165, 1.54) is 0 Å². The smallest absolute Gasteiger partial charge is 0.302 e. The number of alkyl halides is 5. The summed E-state index contributed by atoms with van der Waals surface area (Å²) in [6.45, 7) is -3.80. The first kappa shape index (κ1) is 12.8. The normalized spacial score (nSPS) is 33.3. The molecule has 1 rings (SSSR count). The van der Waals surface area contributed by atoms with Gasteiger partial charge in [-0.25, -0.2) is 8.96 Å². The Morgan fingerprint density at radius 2 is 1.93 bits per heavy atom. The third-order valence-corrected chi connectivity index (χ3v) is 2.71. The van der Waals surface area contributed by atoms with Gasteiger partial charge in [0.05, 0.1) is 6.61 Å². The van der Waals surface area contributed by atoms with Gasteiger partial charge in [-0.15, -0.1) is 0 Å². The van der Waals surface area contributed by atoms with Crippen LogP contribution in [0.2, 0.25) is 0 Å². The molecule has 1 aliphatic rings. The SMILES string of the molecule is O=P1(O)OCC(C(F)(F)C(F)(F)CF)O1. The van der Waals surface area contributed by atoms with Gasteiger partial charge in [0.2, 0.25) is 0 Å². The number of phosphoric acid groups is 1. The Hall–Kier alpha value is -0.240. The van der Waals surface area contributed by atoms with Crippen molar-refractivity contribution in [2.24, 2.45) is 0 Å². The zero-order chi connectivity index (χ0) is 11.9. The van der Waals surface area contributed by atoms with Gasteiger partial charge >= 0.3 is 19.7 Å². The highest BCUT2D eigenvalue weighted by Crippen LogP contribution is 2.54. The molecule has 0 spiro atoms. The van der Waals surface area contributed by atoms with Crippen LogP contribution in [-0.4, -0.2) is 36.1 Å². The molecular formula is C5H6F5O4P. The summed E-state index contributed by atoms with van der Waals surface area (Å²) in [6.07, 6.45) is -2.64. The van der Waals surface area contributed by atoms with Gasteiger partial charge in [-0.3, -0.25) is 9.05 Å². The molecular weight excluding hydrogens is 250 g/mol. The van der Waals surface area contributed by atoms with E-state index in [1.807, 2.05) is 0 Å². The Labute approximate surface area is 80.6 Å². The van der Waals surface area contributed by atoms with E-state index in [0.29, 0.717) is 0 Å². The average molecular weight is 256 g/mol. The minimum Gasteiger partial charge on any atom is -0.302 e. The summed E-state index contributed by atoms with van der Waals surface area (Å²) in [5, 5.41) is 0. The molecule has 10 heteroatoms. The van der Waals surface area contributed by atoms with Crippen molar-refractivity contribution in [1.29, 1.82) is 0 Å². The molecule has 1 fully saturated rings. The minimum absolute atomic E-state index is 1.20. The number of rotatable bonds is 3. The van der Waals surface area contributed by atoms with E-state index in [4.69, 9.17) is 4.89 Å². The van der Waals surface area contributed by atoms with Crippen molar-refractivity contribution in [2.45, 2.75) is 17.9 Å². The monoisotopic (exact) mass is 256 g/mol. The molecule has 0 aromatic rings. The van der Waals surface area contributed by atoms with Crippen LogP contribution in [0.5, 0.6) is 0 Å². The van der Waals surface area contributed by atoms with Crippen LogP contribution in [0.15, 0.2) is 0 Å². The molecule has 2 unspecified atom stereocenters. The molecule has 0 aromatic heterocycles. The third kappa shape index (κ3) is 2.30. The molecule has 4 nitrogen and oxygen atoms in total. The van der Waals surface area contributed by atoms with Crippen LogP contribution in [0.3, 0.4) is 0 Å². The van der Waals surface area contributed by atoms with Crippen molar-refractivity contribution in [3.05, 3.63) is 0 Å². The fraction of sp³-hybridized carbons (Fsp3) is 1.00. The summed E-state index contributed by atoms with van der Waals surface area (Å²) in [5.41, 5.74) is 0. The highest BCUT2D eigenvalue weighted by molar-refractivity contribution is 7.47. The van der Waals surface area contributed by atoms with Crippen LogP contribution in [0.25, 0.3) is 0 Å². The average Bonchev–Trinajstić information content (AvgIpc) is 2.46. The van der Waals surface area contributed by atoms with E-state index in [9.17, 15) is 26.5 Å². The summed E-state index contributed by atoms with van der Waals surface area (Å²) in [7, 11) is -4.71. The van der Waals surface area contributed by atoms with E-state index < -0.39 is 39.1 Å². The molecule has 0 bridgehead atoms. The van der Waals surface area contributed by atoms with E-state index in [-0.39, 0.29) is 0 Å². The van der Waals surface area contributed by atoms with Crippen molar-refractivity contribution >= 4 is 7.82 Å². The molecule has 0 radical (unpaired) electrons. The van der Waals surface area contributed by atoms with E-state index in [2.05, 4.69) is 9.05 Å². The molecule has 0 amide bonds. The van der Waals surface area contributed by atoms with Crippen molar-refractivity contribution in [2.75, 3.05) is 13.3 Å². The minimum atomic E-state index is -4.97. The Morgan fingerprint density at radius 1 is 1.40 bits per heavy atom. The fourth-order valence-electron chi connectivity index (χ4n) is 0.879. The molecule has 1 N–H and O–H groups in total. The van der Waals surface area contributed by atoms with Crippen LogP contribution in [0.1, 0.15) is 0 Å². The largest absolute Gasteiger partial charge is 0.472 e. The molecule has 90 valence electrons. The first-order chi connectivity index (χ1) is 6.62. The molecule has 2 atom stereocenters. The Morgan fingerprint density at radius 3 is 2.27 bits per heavy atom. The summed E-state index contributed by atoms with van der Waals surface area (Å²) in [5.74, 6) is -9.87. The summed E-state index contributed by atoms with van der Waals surface area (Å²) >= 11 is 0. The highest BCUT2D eigenvalue weighted by atomic mass is 31.2. The van der Waals surface area contributed by atoms with Gasteiger partial charge in [-0.2, -0.15) is 17.6 Å².